The third kappa shape index (κ3) is 8.27. The van der Waals surface area contributed by atoms with Gasteiger partial charge in [0, 0.05) is 11.8 Å². The average Bonchev–Trinajstić information content (AvgIpc) is 3.36. The molecule has 13 nitrogen and oxygen atoms in total. The van der Waals surface area contributed by atoms with Gasteiger partial charge in [0.25, 0.3) is 11.1 Å². The summed E-state index contributed by atoms with van der Waals surface area (Å²) < 4.78 is 21.2. The molecule has 0 saturated carbocycles. The van der Waals surface area contributed by atoms with Crippen LogP contribution in [0.15, 0.2) is 46.0 Å². The smallest absolute Gasteiger partial charge is 0.315 e. The number of thioether (sulfide) groups is 1. The van der Waals surface area contributed by atoms with Gasteiger partial charge in [0.05, 0.1) is 24.3 Å². The summed E-state index contributed by atoms with van der Waals surface area (Å²) >= 11 is 1.11. The molecule has 0 spiro atoms. The third-order valence-electron chi connectivity index (χ3n) is 5.26. The number of ether oxygens (including phenoxy) is 3. The molecule has 1 atom stereocenters. The van der Waals surface area contributed by atoms with E-state index in [1.807, 2.05) is 13.8 Å². The molecule has 2 aromatic carbocycles. The minimum atomic E-state index is -1.65. The van der Waals surface area contributed by atoms with E-state index in [1.54, 1.807) is 24.3 Å². The lowest BCUT2D eigenvalue weighted by atomic mass is 10.1. The largest absolute Gasteiger partial charge is 0.495 e. The van der Waals surface area contributed by atoms with Gasteiger partial charge in [-0.15, -0.1) is 10.2 Å². The van der Waals surface area contributed by atoms with Gasteiger partial charge in [0.1, 0.15) is 12.2 Å². The van der Waals surface area contributed by atoms with E-state index in [9.17, 15) is 24.5 Å². The number of aryl methyl sites for hydroxylation is 1. The molecule has 1 amide bonds. The van der Waals surface area contributed by atoms with E-state index in [-0.39, 0.29) is 29.0 Å². The van der Waals surface area contributed by atoms with Crippen molar-refractivity contribution in [2.45, 2.75) is 50.7 Å². The lowest BCUT2D eigenvalue weighted by Gasteiger charge is -2.18. The predicted octanol–water partition coefficient (Wildman–Crippen LogP) is 4.06. The van der Waals surface area contributed by atoms with Crippen molar-refractivity contribution in [3.05, 3.63) is 63.5 Å². The van der Waals surface area contributed by atoms with E-state index in [2.05, 4.69) is 15.5 Å². The Hall–Kier alpha value is -4.46. The van der Waals surface area contributed by atoms with E-state index in [0.717, 1.165) is 24.2 Å². The van der Waals surface area contributed by atoms with Crippen LogP contribution in [-0.2, 0) is 31.3 Å². The molecule has 3 rings (SSSR count). The second-order valence-corrected chi connectivity index (χ2v) is 9.43. The maximum Gasteiger partial charge on any atom is 0.315 e. The lowest BCUT2D eigenvalue weighted by Crippen LogP contribution is -2.38. The molecule has 212 valence electrons. The van der Waals surface area contributed by atoms with Crippen LogP contribution in [-0.4, -0.2) is 52.6 Å². The number of ketones is 1. The highest BCUT2D eigenvalue weighted by molar-refractivity contribution is 7.98. The number of aromatic nitrogens is 2. The van der Waals surface area contributed by atoms with Crippen LogP contribution in [0.5, 0.6) is 11.5 Å². The molecule has 0 radical (unpaired) electrons. The number of carbonyl (C=O) groups excluding carboxylic acids is 3. The highest BCUT2D eigenvalue weighted by Crippen LogP contribution is 2.32. The predicted molar refractivity (Wildman–Crippen MR) is 143 cm³/mol. The Morgan fingerprint density at radius 2 is 1.90 bits per heavy atom. The number of methoxy groups -OCH3 is 1. The van der Waals surface area contributed by atoms with Crippen molar-refractivity contribution in [1.29, 1.82) is 0 Å². The summed E-state index contributed by atoms with van der Waals surface area (Å²) in [5, 5.41) is 22.2. The Kier molecular flexibility index (Phi) is 10.6. The van der Waals surface area contributed by atoms with Gasteiger partial charge in [-0.3, -0.25) is 24.5 Å². The van der Waals surface area contributed by atoms with Gasteiger partial charge in [-0.2, -0.15) is 0 Å². The molecule has 0 aliphatic heterocycles. The Morgan fingerprint density at radius 3 is 2.58 bits per heavy atom. The fourth-order valence-electron chi connectivity index (χ4n) is 3.36. The number of nitro groups is 1. The normalized spacial score (nSPS) is 11.4. The van der Waals surface area contributed by atoms with E-state index < -0.39 is 34.4 Å². The summed E-state index contributed by atoms with van der Waals surface area (Å²) in [4.78, 5) is 48.0. The van der Waals surface area contributed by atoms with Crippen LogP contribution in [0.4, 0.5) is 11.4 Å². The fraction of sp³-hybridized carbons (Fsp3) is 0.346. The van der Waals surface area contributed by atoms with Gasteiger partial charge in [0.2, 0.25) is 12.0 Å². The van der Waals surface area contributed by atoms with Crippen LogP contribution in [0, 0.1) is 17.0 Å². The van der Waals surface area contributed by atoms with Crippen molar-refractivity contribution in [2.24, 2.45) is 0 Å². The van der Waals surface area contributed by atoms with Gasteiger partial charge in [-0.25, -0.2) is 0 Å². The zero-order chi connectivity index (χ0) is 29.2. The SMILES string of the molecule is CCCOC(=O)Cc1nnc(SCc2ccc(OC(C(C)=O)C(=O)Nc3cc(C)ccc3OC)c([N+](=O)[O-])c2)o1. The molecule has 0 aliphatic rings. The van der Waals surface area contributed by atoms with Crippen LogP contribution >= 0.6 is 11.8 Å². The summed E-state index contributed by atoms with van der Waals surface area (Å²) in [5.41, 5.74) is 1.24. The molecule has 1 unspecified atom stereocenters. The lowest BCUT2D eigenvalue weighted by molar-refractivity contribution is -0.386. The molecular formula is C26H28N4O9S. The van der Waals surface area contributed by atoms with Crippen LogP contribution < -0.4 is 14.8 Å². The first-order chi connectivity index (χ1) is 19.1. The molecule has 1 N–H and O–H groups in total. The summed E-state index contributed by atoms with van der Waals surface area (Å²) in [7, 11) is 1.43. The van der Waals surface area contributed by atoms with Gasteiger partial charge in [-0.05, 0) is 49.6 Å². The second kappa shape index (κ2) is 14.1. The third-order valence-corrected chi connectivity index (χ3v) is 6.15. The molecular weight excluding hydrogens is 544 g/mol. The molecule has 14 heteroatoms. The van der Waals surface area contributed by atoms with E-state index in [1.165, 1.54) is 19.2 Å². The number of carbonyl (C=O) groups is 3. The zero-order valence-electron chi connectivity index (χ0n) is 22.3. The Balaban J connectivity index is 1.70. The Labute approximate surface area is 233 Å². The van der Waals surface area contributed by atoms with Crippen molar-refractivity contribution in [1.82, 2.24) is 10.2 Å². The first-order valence-electron chi connectivity index (χ1n) is 12.1. The minimum absolute atomic E-state index is 0.0927. The number of nitrogens with zero attached hydrogens (tertiary/aromatic N) is 3. The molecule has 1 aromatic heterocycles. The van der Waals surface area contributed by atoms with E-state index in [0.29, 0.717) is 30.0 Å². The number of amides is 1. The van der Waals surface area contributed by atoms with Gasteiger partial charge < -0.3 is 23.9 Å². The highest BCUT2D eigenvalue weighted by atomic mass is 32.2. The Morgan fingerprint density at radius 1 is 1.15 bits per heavy atom. The number of rotatable bonds is 14. The maximum atomic E-state index is 12.9. The van der Waals surface area contributed by atoms with Gasteiger partial charge in [-0.1, -0.05) is 30.8 Å². The number of anilines is 1. The van der Waals surface area contributed by atoms with Crippen LogP contribution in [0.3, 0.4) is 0 Å². The standard InChI is InChI=1S/C26H28N4O9S/c1-5-10-37-23(32)13-22-28-29-26(39-22)40-14-17-7-9-21(19(12-17)30(34)35)38-24(16(3)31)25(33)27-18-11-15(2)6-8-20(18)36-4/h6-9,11-12,24H,5,10,13-14H2,1-4H3,(H,27,33). The van der Waals surface area contributed by atoms with Crippen LogP contribution in [0.1, 0.15) is 37.3 Å². The number of hydrogen-bond donors (Lipinski definition) is 1. The molecule has 3 aromatic rings. The summed E-state index contributed by atoms with van der Waals surface area (Å²) in [6.45, 7) is 5.14. The number of benzene rings is 2. The van der Waals surface area contributed by atoms with Crippen LogP contribution in [0.2, 0.25) is 0 Å². The Bertz CT molecular complexity index is 1390. The topological polar surface area (TPSA) is 173 Å². The fourth-order valence-corrected chi connectivity index (χ4v) is 4.09. The molecule has 0 saturated heterocycles. The minimum Gasteiger partial charge on any atom is -0.495 e. The molecule has 40 heavy (non-hydrogen) atoms. The van der Waals surface area contributed by atoms with Crippen molar-refractivity contribution in [2.75, 3.05) is 19.0 Å². The first-order valence-corrected chi connectivity index (χ1v) is 13.1. The van der Waals surface area contributed by atoms with Crippen molar-refractivity contribution >= 4 is 40.8 Å². The maximum absolute atomic E-state index is 12.9. The van der Waals surface area contributed by atoms with E-state index >= 15 is 0 Å². The number of hydrogen-bond acceptors (Lipinski definition) is 12. The number of esters is 1. The van der Waals surface area contributed by atoms with E-state index in [4.69, 9.17) is 18.6 Å². The highest BCUT2D eigenvalue weighted by Gasteiger charge is 2.29. The van der Waals surface area contributed by atoms with Crippen molar-refractivity contribution in [3.8, 4) is 11.5 Å². The number of nitro benzene ring substituents is 1. The van der Waals surface area contributed by atoms with Gasteiger partial charge >= 0.3 is 11.7 Å². The number of Topliss-reactive ketones (excluding diaryl/α,β-unsaturated/α-hetero) is 1. The number of nitrogens with one attached hydrogen (secondary N) is 1. The van der Waals surface area contributed by atoms with Crippen molar-refractivity contribution in [3.63, 3.8) is 0 Å². The summed E-state index contributed by atoms with van der Waals surface area (Å²) in [6, 6.07) is 9.24. The second-order valence-electron chi connectivity index (χ2n) is 8.51. The molecule has 1 heterocycles. The quantitative estimate of drug-likeness (QED) is 0.0966. The van der Waals surface area contributed by atoms with Crippen LogP contribution in [0.25, 0.3) is 0 Å². The average molecular weight is 573 g/mol. The summed E-state index contributed by atoms with van der Waals surface area (Å²) in [6.07, 6.45) is -1.12. The molecule has 0 fully saturated rings. The first kappa shape index (κ1) is 30.1. The zero-order valence-corrected chi connectivity index (χ0v) is 23.1. The van der Waals surface area contributed by atoms with Crippen molar-refractivity contribution < 1.29 is 37.9 Å². The summed E-state index contributed by atoms with van der Waals surface area (Å²) in [5.74, 6) is -1.51. The monoisotopic (exact) mass is 572 g/mol. The van der Waals surface area contributed by atoms with Gasteiger partial charge in [0.15, 0.2) is 11.5 Å². The molecule has 0 bridgehead atoms. The molecule has 0 aliphatic carbocycles.